The van der Waals surface area contributed by atoms with Crippen LogP contribution < -0.4 is 10.6 Å². The minimum atomic E-state index is 0. The number of methoxy groups -OCH3 is 1. The van der Waals surface area contributed by atoms with Gasteiger partial charge in [0.2, 0.25) is 0 Å². The maximum atomic E-state index is 5.16. The first-order valence-corrected chi connectivity index (χ1v) is 11.3. The molecule has 3 aromatic rings. The summed E-state index contributed by atoms with van der Waals surface area (Å²) in [6, 6.07) is 10.8. The molecule has 178 valence electrons. The number of halogens is 1. The van der Waals surface area contributed by atoms with Gasteiger partial charge in [-0.3, -0.25) is 0 Å². The number of ether oxygens (including phenoxy) is 1. The molecule has 9 nitrogen and oxygen atoms in total. The van der Waals surface area contributed by atoms with Crippen molar-refractivity contribution in [2.45, 2.75) is 58.5 Å². The highest BCUT2D eigenvalue weighted by atomic mass is 127. The van der Waals surface area contributed by atoms with Crippen LogP contribution in [0.5, 0.6) is 0 Å². The molecule has 33 heavy (non-hydrogen) atoms. The van der Waals surface area contributed by atoms with Crippen molar-refractivity contribution in [1.82, 2.24) is 34.9 Å². The molecule has 0 amide bonds. The Hall–Kier alpha value is -2.47. The van der Waals surface area contributed by atoms with Crippen molar-refractivity contribution in [3.05, 3.63) is 65.8 Å². The van der Waals surface area contributed by atoms with E-state index in [-0.39, 0.29) is 30.0 Å². The van der Waals surface area contributed by atoms with Gasteiger partial charge in [-0.1, -0.05) is 30.3 Å². The Bertz CT molecular complexity index is 1020. The molecule has 0 fully saturated rings. The summed E-state index contributed by atoms with van der Waals surface area (Å²) in [5.41, 5.74) is 1.32. The largest absolute Gasteiger partial charge is 0.377 e. The second kappa shape index (κ2) is 12.7. The molecule has 1 aliphatic rings. The van der Waals surface area contributed by atoms with Crippen molar-refractivity contribution in [2.75, 3.05) is 13.7 Å². The minimum absolute atomic E-state index is 0. The average molecular weight is 564 g/mol. The van der Waals surface area contributed by atoms with Crippen molar-refractivity contribution in [2.24, 2.45) is 4.99 Å². The molecule has 1 aromatic carbocycles. The summed E-state index contributed by atoms with van der Waals surface area (Å²) in [5.74, 6) is 3.53. The number of aliphatic imine (C=N–C) groups is 1. The van der Waals surface area contributed by atoms with E-state index in [0.717, 1.165) is 62.3 Å². The summed E-state index contributed by atoms with van der Waals surface area (Å²) in [7, 11) is 1.66. The molecule has 3 heterocycles. The van der Waals surface area contributed by atoms with Gasteiger partial charge >= 0.3 is 0 Å². The van der Waals surface area contributed by atoms with Crippen molar-refractivity contribution in [1.29, 1.82) is 0 Å². The molecule has 4 rings (SSSR count). The smallest absolute Gasteiger partial charge is 0.191 e. The second-order valence-corrected chi connectivity index (χ2v) is 7.91. The number of nitrogens with one attached hydrogen (secondary N) is 2. The Morgan fingerprint density at radius 3 is 2.91 bits per heavy atom. The highest BCUT2D eigenvalue weighted by molar-refractivity contribution is 14.0. The van der Waals surface area contributed by atoms with Gasteiger partial charge in [-0.2, -0.15) is 5.10 Å². The average Bonchev–Trinajstić information content (AvgIpc) is 3.43. The number of imidazole rings is 1. The van der Waals surface area contributed by atoms with E-state index in [1.54, 1.807) is 7.11 Å². The van der Waals surface area contributed by atoms with Gasteiger partial charge in [0.05, 0.1) is 6.54 Å². The van der Waals surface area contributed by atoms with Crippen LogP contribution in [-0.2, 0) is 43.8 Å². The van der Waals surface area contributed by atoms with Crippen molar-refractivity contribution in [3.8, 4) is 0 Å². The molecular formula is C23H33IN8O. The first kappa shape index (κ1) is 25.2. The molecule has 0 bridgehead atoms. The number of benzene rings is 1. The molecular weight excluding hydrogens is 531 g/mol. The number of fused-ring (bicyclic) bond motifs is 1. The van der Waals surface area contributed by atoms with Gasteiger partial charge in [0.15, 0.2) is 11.8 Å². The predicted octanol–water partition coefficient (Wildman–Crippen LogP) is 2.55. The van der Waals surface area contributed by atoms with Gasteiger partial charge in [-0.15, -0.1) is 24.0 Å². The minimum Gasteiger partial charge on any atom is -0.377 e. The number of aryl methyl sites for hydroxylation is 3. The quantitative estimate of drug-likeness (QED) is 0.236. The molecule has 1 atom stereocenters. The van der Waals surface area contributed by atoms with Gasteiger partial charge < -0.3 is 19.9 Å². The van der Waals surface area contributed by atoms with E-state index in [9.17, 15) is 0 Å². The maximum Gasteiger partial charge on any atom is 0.191 e. The summed E-state index contributed by atoms with van der Waals surface area (Å²) in [5, 5.41) is 11.5. The summed E-state index contributed by atoms with van der Waals surface area (Å²) in [4.78, 5) is 13.9. The van der Waals surface area contributed by atoms with E-state index in [0.29, 0.717) is 13.2 Å². The third-order valence-electron chi connectivity index (χ3n) is 5.52. The Balaban J connectivity index is 0.00000306. The van der Waals surface area contributed by atoms with E-state index in [1.165, 1.54) is 5.56 Å². The van der Waals surface area contributed by atoms with E-state index in [4.69, 9.17) is 9.73 Å². The van der Waals surface area contributed by atoms with E-state index >= 15 is 0 Å². The SMILES string of the molecule is CCNC(=NCc1nccn1CCc1ccccc1)NC1CCc2nc(COC)nn2C1.I. The lowest BCUT2D eigenvalue weighted by molar-refractivity contribution is 0.177. The van der Waals surface area contributed by atoms with Crippen molar-refractivity contribution in [3.63, 3.8) is 0 Å². The number of hydrogen-bond acceptors (Lipinski definition) is 5. The Morgan fingerprint density at radius 1 is 1.27 bits per heavy atom. The molecule has 0 saturated heterocycles. The number of rotatable bonds is 9. The van der Waals surface area contributed by atoms with Crippen LogP contribution in [0, 0.1) is 0 Å². The molecule has 2 aromatic heterocycles. The topological polar surface area (TPSA) is 94.2 Å². The van der Waals surface area contributed by atoms with Gasteiger partial charge in [0.25, 0.3) is 0 Å². The second-order valence-electron chi connectivity index (χ2n) is 7.91. The lowest BCUT2D eigenvalue weighted by Crippen LogP contribution is -2.47. The lowest BCUT2D eigenvalue weighted by atomic mass is 10.1. The number of hydrogen-bond donors (Lipinski definition) is 2. The van der Waals surface area contributed by atoms with E-state index in [2.05, 4.69) is 61.5 Å². The van der Waals surface area contributed by atoms with Gasteiger partial charge in [0, 0.05) is 45.1 Å². The van der Waals surface area contributed by atoms with Crippen molar-refractivity contribution >= 4 is 29.9 Å². The Kier molecular flexibility index (Phi) is 9.67. The fourth-order valence-corrected chi connectivity index (χ4v) is 3.92. The third-order valence-corrected chi connectivity index (χ3v) is 5.52. The monoisotopic (exact) mass is 564 g/mol. The molecule has 2 N–H and O–H groups in total. The van der Waals surface area contributed by atoms with Crippen LogP contribution >= 0.6 is 24.0 Å². The number of aromatic nitrogens is 5. The van der Waals surface area contributed by atoms with Crippen LogP contribution in [0.25, 0.3) is 0 Å². The zero-order valence-electron chi connectivity index (χ0n) is 19.3. The van der Waals surface area contributed by atoms with Crippen molar-refractivity contribution < 1.29 is 4.74 Å². The molecule has 1 unspecified atom stereocenters. The highest BCUT2D eigenvalue weighted by Crippen LogP contribution is 2.13. The third kappa shape index (κ3) is 7.00. The number of guanidine groups is 1. The lowest BCUT2D eigenvalue weighted by Gasteiger charge is -2.25. The van der Waals surface area contributed by atoms with Crippen LogP contribution in [0.1, 0.15) is 36.4 Å². The first-order chi connectivity index (χ1) is 15.7. The maximum absolute atomic E-state index is 5.16. The van der Waals surface area contributed by atoms with E-state index < -0.39 is 0 Å². The molecule has 0 radical (unpaired) electrons. The van der Waals surface area contributed by atoms with Gasteiger partial charge in [-0.05, 0) is 25.3 Å². The van der Waals surface area contributed by atoms with Gasteiger partial charge in [0.1, 0.15) is 24.8 Å². The summed E-state index contributed by atoms with van der Waals surface area (Å²) in [6.07, 6.45) is 6.72. The summed E-state index contributed by atoms with van der Waals surface area (Å²) < 4.78 is 9.32. The van der Waals surface area contributed by atoms with E-state index in [1.807, 2.05) is 23.1 Å². The number of nitrogens with zero attached hydrogens (tertiary/aromatic N) is 6. The Labute approximate surface area is 212 Å². The predicted molar refractivity (Wildman–Crippen MR) is 139 cm³/mol. The zero-order chi connectivity index (χ0) is 22.2. The van der Waals surface area contributed by atoms with Crippen LogP contribution in [0.2, 0.25) is 0 Å². The van der Waals surface area contributed by atoms with Crippen LogP contribution in [0.4, 0.5) is 0 Å². The Morgan fingerprint density at radius 2 is 2.12 bits per heavy atom. The molecule has 1 aliphatic heterocycles. The summed E-state index contributed by atoms with van der Waals surface area (Å²) >= 11 is 0. The molecule has 0 aliphatic carbocycles. The highest BCUT2D eigenvalue weighted by Gasteiger charge is 2.22. The molecule has 0 saturated carbocycles. The van der Waals surface area contributed by atoms with Gasteiger partial charge in [-0.25, -0.2) is 19.6 Å². The first-order valence-electron chi connectivity index (χ1n) is 11.3. The summed E-state index contributed by atoms with van der Waals surface area (Å²) in [6.45, 7) is 5.50. The fourth-order valence-electron chi connectivity index (χ4n) is 3.92. The zero-order valence-corrected chi connectivity index (χ0v) is 21.6. The molecule has 0 spiro atoms. The van der Waals surface area contributed by atoms with Crippen LogP contribution in [-0.4, -0.2) is 50.0 Å². The standard InChI is InChI=1S/C23H32N8O.HI/c1-3-24-23(27-19-9-10-21-28-20(17-32-2)29-31(21)16-19)26-15-22-25-12-14-30(22)13-11-18-7-5-4-6-8-18;/h4-8,12,14,19H,3,9-11,13,15-17H2,1-2H3,(H2,24,26,27);1H. The fraction of sp³-hybridized carbons (Fsp3) is 0.478. The molecule has 10 heteroatoms. The van der Waals surface area contributed by atoms with Crippen LogP contribution in [0.15, 0.2) is 47.7 Å². The van der Waals surface area contributed by atoms with Crippen LogP contribution in [0.3, 0.4) is 0 Å². The normalized spacial score (nSPS) is 15.6.